The van der Waals surface area contributed by atoms with E-state index in [4.69, 9.17) is 19.8 Å². The van der Waals surface area contributed by atoms with Crippen molar-refractivity contribution in [1.82, 2.24) is 4.90 Å². The first-order chi connectivity index (χ1) is 17.0. The Labute approximate surface area is 212 Å². The van der Waals surface area contributed by atoms with Crippen molar-refractivity contribution in [2.45, 2.75) is 76.6 Å². The number of likely N-dealkylation sites (tertiary alicyclic amines) is 1. The van der Waals surface area contributed by atoms with E-state index in [-0.39, 0.29) is 31.5 Å². The van der Waals surface area contributed by atoms with Gasteiger partial charge in [-0.05, 0) is 75.7 Å². The largest absolute Gasteiger partial charge is 0.460 e. The summed E-state index contributed by atoms with van der Waals surface area (Å²) >= 11 is 0. The molecule has 36 heavy (non-hydrogen) atoms. The summed E-state index contributed by atoms with van der Waals surface area (Å²) in [5.74, 6) is -0.794. The van der Waals surface area contributed by atoms with E-state index in [2.05, 4.69) is 10.0 Å². The molecular formula is C25H36BN5O5. The summed E-state index contributed by atoms with van der Waals surface area (Å²) in [5, 5.41) is 4.11. The minimum Gasteiger partial charge on any atom is -0.460 e. The van der Waals surface area contributed by atoms with Gasteiger partial charge >= 0.3 is 19.1 Å². The number of carbonyl (C=O) groups is 2. The normalized spacial score (nSPS) is 30.1. The van der Waals surface area contributed by atoms with Crippen molar-refractivity contribution in [3.63, 3.8) is 0 Å². The van der Waals surface area contributed by atoms with Crippen LogP contribution in [0, 0.1) is 17.8 Å². The van der Waals surface area contributed by atoms with Gasteiger partial charge in [-0.3, -0.25) is 4.79 Å². The van der Waals surface area contributed by atoms with Crippen molar-refractivity contribution < 1.29 is 23.6 Å². The number of ether oxygens (including phenoxy) is 1. The van der Waals surface area contributed by atoms with Crippen LogP contribution in [0.15, 0.2) is 35.4 Å². The van der Waals surface area contributed by atoms with Gasteiger partial charge in [-0.15, -0.1) is 0 Å². The SMILES string of the molecule is CC1(C)OB(CCCC2[C@@H]3CN(C(N)=O)C[C@@H]3CC2(N=[N+]=[N-])C(=O)OCc2ccccc2)OC1(C)C. The quantitative estimate of drug-likeness (QED) is 0.188. The van der Waals surface area contributed by atoms with Gasteiger partial charge in [0, 0.05) is 18.0 Å². The Bertz CT molecular complexity index is 1010. The van der Waals surface area contributed by atoms with Crippen LogP contribution in [0.4, 0.5) is 4.79 Å². The summed E-state index contributed by atoms with van der Waals surface area (Å²) in [4.78, 5) is 30.1. The molecule has 194 valence electrons. The minimum atomic E-state index is -1.32. The fraction of sp³-hybridized carbons (Fsp3) is 0.680. The molecule has 2 heterocycles. The summed E-state index contributed by atoms with van der Waals surface area (Å²) in [7, 11) is -0.350. The molecule has 2 N–H and O–H groups in total. The Balaban J connectivity index is 1.51. The van der Waals surface area contributed by atoms with Gasteiger partial charge in [0.2, 0.25) is 0 Å². The summed E-state index contributed by atoms with van der Waals surface area (Å²) in [6, 6.07) is 8.94. The molecule has 1 saturated carbocycles. The van der Waals surface area contributed by atoms with Crippen LogP contribution in [0.5, 0.6) is 0 Å². The van der Waals surface area contributed by atoms with Gasteiger partial charge in [0.1, 0.15) is 12.1 Å². The van der Waals surface area contributed by atoms with Gasteiger partial charge in [0.25, 0.3) is 0 Å². The fourth-order valence-corrected chi connectivity index (χ4v) is 6.01. The Hall–Kier alpha value is -2.75. The number of urea groups is 1. The van der Waals surface area contributed by atoms with E-state index in [0.29, 0.717) is 38.7 Å². The maximum absolute atomic E-state index is 13.5. The number of fused-ring (bicyclic) bond motifs is 1. The molecule has 3 fully saturated rings. The molecule has 3 aliphatic rings. The molecular weight excluding hydrogens is 461 g/mol. The third kappa shape index (κ3) is 4.92. The summed E-state index contributed by atoms with van der Waals surface area (Å²) in [5.41, 5.74) is 13.7. The lowest BCUT2D eigenvalue weighted by molar-refractivity contribution is -0.153. The number of hydrogen-bond donors (Lipinski definition) is 1. The molecule has 4 atom stereocenters. The maximum Gasteiger partial charge on any atom is 0.457 e. The molecule has 1 aromatic carbocycles. The Kier molecular flexibility index (Phi) is 7.28. The summed E-state index contributed by atoms with van der Waals surface area (Å²) in [6.45, 7) is 9.05. The first-order valence-corrected chi connectivity index (χ1v) is 12.7. The van der Waals surface area contributed by atoms with E-state index >= 15 is 0 Å². The van der Waals surface area contributed by atoms with Gasteiger partial charge in [0.05, 0.1) is 11.2 Å². The van der Waals surface area contributed by atoms with Crippen LogP contribution in [0.1, 0.15) is 52.5 Å². The predicted molar refractivity (Wildman–Crippen MR) is 134 cm³/mol. The zero-order valence-corrected chi connectivity index (χ0v) is 21.6. The zero-order valence-electron chi connectivity index (χ0n) is 21.6. The molecule has 0 aromatic heterocycles. The molecule has 4 rings (SSSR count). The van der Waals surface area contributed by atoms with Crippen molar-refractivity contribution >= 4 is 19.1 Å². The molecule has 0 spiro atoms. The summed E-state index contributed by atoms with van der Waals surface area (Å²) < 4.78 is 18.0. The van der Waals surface area contributed by atoms with E-state index in [0.717, 1.165) is 5.56 Å². The third-order valence-corrected chi connectivity index (χ3v) is 8.55. The lowest BCUT2D eigenvalue weighted by atomic mass is 9.75. The Morgan fingerprint density at radius 3 is 2.47 bits per heavy atom. The van der Waals surface area contributed by atoms with Gasteiger partial charge in [-0.1, -0.05) is 41.9 Å². The number of nitrogens with two attached hydrogens (primary N) is 1. The number of primary amides is 1. The van der Waals surface area contributed by atoms with Gasteiger partial charge in [-0.2, -0.15) is 0 Å². The van der Waals surface area contributed by atoms with E-state index < -0.39 is 28.7 Å². The monoisotopic (exact) mass is 497 g/mol. The van der Waals surface area contributed by atoms with E-state index in [1.165, 1.54) is 0 Å². The third-order valence-electron chi connectivity index (χ3n) is 8.55. The van der Waals surface area contributed by atoms with Crippen LogP contribution in [-0.4, -0.2) is 53.8 Å². The lowest BCUT2D eigenvalue weighted by Crippen LogP contribution is -2.45. The average Bonchev–Trinajstić information content (AvgIpc) is 3.41. The van der Waals surface area contributed by atoms with E-state index in [9.17, 15) is 15.1 Å². The highest BCUT2D eigenvalue weighted by Gasteiger charge is 2.61. The van der Waals surface area contributed by atoms with Gasteiger partial charge in [-0.25, -0.2) is 4.79 Å². The first kappa shape index (κ1) is 26.3. The summed E-state index contributed by atoms with van der Waals surface area (Å²) in [6.07, 6.45) is 2.29. The van der Waals surface area contributed by atoms with Crippen molar-refractivity contribution in [3.05, 3.63) is 46.3 Å². The zero-order chi connectivity index (χ0) is 26.1. The average molecular weight is 497 g/mol. The van der Waals surface area contributed by atoms with Crippen molar-refractivity contribution in [3.8, 4) is 0 Å². The van der Waals surface area contributed by atoms with Crippen LogP contribution in [0.25, 0.3) is 10.4 Å². The van der Waals surface area contributed by atoms with Crippen LogP contribution in [0.3, 0.4) is 0 Å². The van der Waals surface area contributed by atoms with E-state index in [1.54, 1.807) is 4.90 Å². The molecule has 0 bridgehead atoms. The first-order valence-electron chi connectivity index (χ1n) is 12.7. The lowest BCUT2D eigenvalue weighted by Gasteiger charge is -2.32. The highest BCUT2D eigenvalue weighted by atomic mass is 16.7. The Morgan fingerprint density at radius 1 is 1.19 bits per heavy atom. The number of hydrogen-bond acceptors (Lipinski definition) is 6. The van der Waals surface area contributed by atoms with Crippen molar-refractivity contribution in [2.24, 2.45) is 28.6 Å². The topological polar surface area (TPSA) is 140 Å². The smallest absolute Gasteiger partial charge is 0.457 e. The second kappa shape index (κ2) is 9.96. The fourth-order valence-electron chi connectivity index (χ4n) is 6.01. The second-order valence-electron chi connectivity index (χ2n) is 11.3. The molecule has 10 nitrogen and oxygen atoms in total. The molecule has 2 saturated heterocycles. The molecule has 1 aromatic rings. The number of carbonyl (C=O) groups excluding carboxylic acids is 2. The second-order valence-corrected chi connectivity index (χ2v) is 11.3. The Morgan fingerprint density at radius 2 is 1.86 bits per heavy atom. The number of amides is 2. The maximum atomic E-state index is 13.5. The molecule has 2 aliphatic heterocycles. The predicted octanol–water partition coefficient (Wildman–Crippen LogP) is 4.30. The molecule has 11 heteroatoms. The molecule has 1 aliphatic carbocycles. The number of esters is 1. The standard InChI is InChI=1S/C25H36BN5O5/c1-23(2)24(3,4)36-26(35-23)12-8-11-20-19-15-31(22(27)33)14-18(19)13-25(20,29-30-28)21(32)34-16-17-9-6-5-7-10-17/h5-7,9-10,18-20H,8,11-16H2,1-4H3,(H2,27,33)/t18-,19+,20?,25?/m0/s1. The molecule has 2 unspecified atom stereocenters. The number of azide groups is 1. The van der Waals surface area contributed by atoms with Crippen LogP contribution in [-0.2, 0) is 25.4 Å². The highest BCUT2D eigenvalue weighted by Crippen LogP contribution is 2.53. The number of benzene rings is 1. The van der Waals surface area contributed by atoms with Crippen LogP contribution >= 0.6 is 0 Å². The van der Waals surface area contributed by atoms with Crippen LogP contribution in [0.2, 0.25) is 6.32 Å². The highest BCUT2D eigenvalue weighted by molar-refractivity contribution is 6.45. The molecule has 0 radical (unpaired) electrons. The number of nitrogens with zero attached hydrogens (tertiary/aromatic N) is 4. The van der Waals surface area contributed by atoms with Gasteiger partial charge < -0.3 is 24.7 Å². The van der Waals surface area contributed by atoms with Gasteiger partial charge in [0.15, 0.2) is 0 Å². The number of rotatable bonds is 8. The molecule has 2 amide bonds. The van der Waals surface area contributed by atoms with Crippen molar-refractivity contribution in [2.75, 3.05) is 13.1 Å². The van der Waals surface area contributed by atoms with Crippen LogP contribution < -0.4 is 5.73 Å². The van der Waals surface area contributed by atoms with Crippen molar-refractivity contribution in [1.29, 1.82) is 0 Å². The minimum absolute atomic E-state index is 0.00845. The van der Waals surface area contributed by atoms with E-state index in [1.807, 2.05) is 58.0 Å².